The number of para-hydroxylation sites is 2. The second-order valence-corrected chi connectivity index (χ2v) is 8.67. The second kappa shape index (κ2) is 10.4. The maximum Gasteiger partial charge on any atom is 0.347 e. The first-order valence-corrected chi connectivity index (χ1v) is 11.9. The summed E-state index contributed by atoms with van der Waals surface area (Å²) in [6, 6.07) is 32.4. The van der Waals surface area contributed by atoms with Gasteiger partial charge in [-0.15, -0.1) is 0 Å². The van der Waals surface area contributed by atoms with Crippen molar-refractivity contribution in [1.29, 1.82) is 0 Å². The molecule has 0 saturated heterocycles. The zero-order valence-electron chi connectivity index (χ0n) is 20.3. The maximum atomic E-state index is 13.6. The van der Waals surface area contributed by atoms with Crippen molar-refractivity contribution in [3.8, 4) is 5.75 Å². The fraction of sp³-hybridized carbons (Fsp3) is 0.0312. The molecule has 0 aliphatic carbocycles. The van der Waals surface area contributed by atoms with Crippen LogP contribution < -0.4 is 10.5 Å². The number of fused-ring (bicyclic) bond motifs is 1. The smallest absolute Gasteiger partial charge is 0.347 e. The first-order valence-electron chi connectivity index (χ1n) is 11.9. The van der Waals surface area contributed by atoms with Crippen LogP contribution in [-0.2, 0) is 4.79 Å². The van der Waals surface area contributed by atoms with E-state index >= 15 is 0 Å². The Labute approximate surface area is 218 Å². The van der Waals surface area contributed by atoms with Crippen molar-refractivity contribution in [1.82, 2.24) is 0 Å². The van der Waals surface area contributed by atoms with Crippen molar-refractivity contribution >= 4 is 39.6 Å². The van der Waals surface area contributed by atoms with E-state index in [9.17, 15) is 19.5 Å². The van der Waals surface area contributed by atoms with E-state index in [-0.39, 0.29) is 16.9 Å². The van der Waals surface area contributed by atoms with Gasteiger partial charge in [-0.2, -0.15) is 0 Å². The summed E-state index contributed by atoms with van der Waals surface area (Å²) < 4.78 is 5.26. The molecule has 1 atom stereocenters. The van der Waals surface area contributed by atoms with Gasteiger partial charge in [0.05, 0.1) is 0 Å². The molecule has 0 amide bonds. The maximum absolute atomic E-state index is 13.6. The fourth-order valence-corrected chi connectivity index (χ4v) is 4.41. The number of aromatic hydroxyl groups is 1. The lowest BCUT2D eigenvalue weighted by Crippen LogP contribution is -2.25. The molecule has 38 heavy (non-hydrogen) atoms. The molecule has 1 unspecified atom stereocenters. The van der Waals surface area contributed by atoms with Crippen LogP contribution in [0.2, 0.25) is 0 Å². The highest BCUT2D eigenvalue weighted by molar-refractivity contribution is 6.18. The first kappa shape index (κ1) is 24.5. The largest absolute Gasteiger partial charge is 0.508 e. The number of nitrogens with zero attached hydrogens (tertiary/aromatic N) is 1. The Hall–Kier alpha value is -5.23. The summed E-state index contributed by atoms with van der Waals surface area (Å²) in [7, 11) is 0. The van der Waals surface area contributed by atoms with Crippen LogP contribution in [0.1, 0.15) is 21.8 Å². The number of anilines is 3. The van der Waals surface area contributed by atoms with Crippen LogP contribution >= 0.6 is 0 Å². The van der Waals surface area contributed by atoms with Crippen molar-refractivity contribution in [2.75, 3.05) is 4.90 Å². The fourth-order valence-electron chi connectivity index (χ4n) is 4.41. The number of phenolic OH excluding ortho intramolecular Hbond substituents is 1. The zero-order chi connectivity index (χ0) is 26.6. The molecule has 0 bridgehead atoms. The standard InChI is InChI=1S/C32H23NO5/c1-2-28(35)30(31(36)27-19-22-15-18-26(34)20-29(22)38-32(27)37)21-13-16-25(17-14-21)33(23-9-5-3-6-10-23)24-11-7-4-8-12-24/h2-20,30,34H,1H2. The molecule has 1 heterocycles. The van der Waals surface area contributed by atoms with Crippen molar-refractivity contribution in [2.45, 2.75) is 5.92 Å². The van der Waals surface area contributed by atoms with Crippen LogP contribution in [0.15, 0.2) is 131 Å². The van der Waals surface area contributed by atoms with Gasteiger partial charge < -0.3 is 14.4 Å². The number of hydrogen-bond donors (Lipinski definition) is 1. The van der Waals surface area contributed by atoms with Gasteiger partial charge in [0.15, 0.2) is 11.6 Å². The van der Waals surface area contributed by atoms with Crippen LogP contribution in [0.4, 0.5) is 17.1 Å². The number of carbonyl (C=O) groups excluding carboxylic acids is 2. The Morgan fingerprint density at radius 3 is 1.95 bits per heavy atom. The van der Waals surface area contributed by atoms with Crippen LogP contribution in [0.25, 0.3) is 11.0 Å². The summed E-state index contributed by atoms with van der Waals surface area (Å²) in [4.78, 5) is 41.2. The van der Waals surface area contributed by atoms with Gasteiger partial charge in [-0.25, -0.2) is 4.79 Å². The molecule has 0 radical (unpaired) electrons. The molecule has 6 heteroatoms. The molecule has 0 fully saturated rings. The Morgan fingerprint density at radius 1 is 0.789 bits per heavy atom. The molecule has 5 rings (SSSR count). The lowest BCUT2D eigenvalue weighted by atomic mass is 9.87. The van der Waals surface area contributed by atoms with Gasteiger partial charge in [-0.3, -0.25) is 9.59 Å². The summed E-state index contributed by atoms with van der Waals surface area (Å²) in [5.41, 5.74) is 2.16. The Morgan fingerprint density at radius 2 is 1.37 bits per heavy atom. The van der Waals surface area contributed by atoms with Crippen LogP contribution in [0.5, 0.6) is 5.75 Å². The molecule has 5 aromatic rings. The summed E-state index contributed by atoms with van der Waals surface area (Å²) in [5.74, 6) is -2.55. The van der Waals surface area contributed by atoms with Crippen LogP contribution in [0.3, 0.4) is 0 Å². The number of hydrogen-bond acceptors (Lipinski definition) is 6. The van der Waals surface area contributed by atoms with Gasteiger partial charge in [0.2, 0.25) is 0 Å². The quantitative estimate of drug-likeness (QED) is 0.110. The van der Waals surface area contributed by atoms with E-state index in [0.717, 1.165) is 23.1 Å². The third kappa shape index (κ3) is 4.75. The highest BCUT2D eigenvalue weighted by atomic mass is 16.4. The van der Waals surface area contributed by atoms with Gasteiger partial charge in [0, 0.05) is 28.5 Å². The van der Waals surface area contributed by atoms with Crippen LogP contribution in [0, 0.1) is 0 Å². The highest BCUT2D eigenvalue weighted by Gasteiger charge is 2.30. The highest BCUT2D eigenvalue weighted by Crippen LogP contribution is 2.35. The van der Waals surface area contributed by atoms with E-state index in [1.54, 1.807) is 12.1 Å². The van der Waals surface area contributed by atoms with Crippen molar-refractivity contribution in [3.05, 3.63) is 143 Å². The Bertz CT molecular complexity index is 1650. The molecular weight excluding hydrogens is 478 g/mol. The van der Waals surface area contributed by atoms with Gasteiger partial charge in [0.1, 0.15) is 22.8 Å². The third-order valence-corrected chi connectivity index (χ3v) is 6.25. The third-order valence-electron chi connectivity index (χ3n) is 6.25. The zero-order valence-corrected chi connectivity index (χ0v) is 20.3. The molecule has 0 spiro atoms. The Balaban J connectivity index is 1.55. The molecule has 0 saturated carbocycles. The number of rotatable bonds is 8. The molecule has 0 aliphatic rings. The van der Waals surface area contributed by atoms with Gasteiger partial charge in [-0.05, 0) is 66.2 Å². The molecule has 186 valence electrons. The molecule has 6 nitrogen and oxygen atoms in total. The topological polar surface area (TPSA) is 87.8 Å². The van der Waals surface area contributed by atoms with E-state index in [1.165, 1.54) is 24.3 Å². The monoisotopic (exact) mass is 501 g/mol. The van der Waals surface area contributed by atoms with Crippen molar-refractivity contribution < 1.29 is 19.1 Å². The average Bonchev–Trinajstić information content (AvgIpc) is 2.94. The molecule has 1 N–H and O–H groups in total. The van der Waals surface area contributed by atoms with E-state index < -0.39 is 23.1 Å². The minimum atomic E-state index is -1.26. The molecular formula is C32H23NO5. The minimum Gasteiger partial charge on any atom is -0.508 e. The molecule has 4 aromatic carbocycles. The summed E-state index contributed by atoms with van der Waals surface area (Å²) in [6.07, 6.45) is 1.08. The predicted octanol–water partition coefficient (Wildman–Crippen LogP) is 6.69. The number of ketones is 2. The molecule has 0 aliphatic heterocycles. The SMILES string of the molecule is C=CC(=O)C(C(=O)c1cc2ccc(O)cc2oc1=O)c1ccc(N(c2ccccc2)c2ccccc2)cc1. The number of allylic oxidation sites excluding steroid dienone is 1. The van der Waals surface area contributed by atoms with E-state index in [1.807, 2.05) is 72.8 Å². The average molecular weight is 502 g/mol. The van der Waals surface area contributed by atoms with Gasteiger partial charge >= 0.3 is 5.63 Å². The number of Topliss-reactive ketones (excluding diaryl/α,β-unsaturated/α-hetero) is 1. The van der Waals surface area contributed by atoms with Crippen molar-refractivity contribution in [3.63, 3.8) is 0 Å². The van der Waals surface area contributed by atoms with E-state index in [4.69, 9.17) is 4.42 Å². The first-order chi connectivity index (χ1) is 18.5. The summed E-state index contributed by atoms with van der Waals surface area (Å²) in [6.45, 7) is 3.55. The van der Waals surface area contributed by atoms with E-state index in [0.29, 0.717) is 10.9 Å². The molecule has 1 aromatic heterocycles. The lowest BCUT2D eigenvalue weighted by Gasteiger charge is -2.26. The second-order valence-electron chi connectivity index (χ2n) is 8.67. The minimum absolute atomic E-state index is 0.0698. The summed E-state index contributed by atoms with van der Waals surface area (Å²) >= 11 is 0. The van der Waals surface area contributed by atoms with Crippen molar-refractivity contribution in [2.24, 2.45) is 0 Å². The van der Waals surface area contributed by atoms with Crippen LogP contribution in [-0.4, -0.2) is 16.7 Å². The normalized spacial score (nSPS) is 11.6. The van der Waals surface area contributed by atoms with Gasteiger partial charge in [0.25, 0.3) is 0 Å². The van der Waals surface area contributed by atoms with Gasteiger partial charge in [-0.1, -0.05) is 55.1 Å². The number of benzene rings is 4. The lowest BCUT2D eigenvalue weighted by molar-refractivity contribution is -0.115. The number of phenols is 1. The number of carbonyl (C=O) groups is 2. The van der Waals surface area contributed by atoms with E-state index in [2.05, 4.69) is 11.5 Å². The summed E-state index contributed by atoms with van der Waals surface area (Å²) in [5, 5.41) is 10.1. The Kier molecular flexibility index (Phi) is 6.70. The predicted molar refractivity (Wildman–Crippen MR) is 148 cm³/mol.